The number of halogens is 1. The first-order chi connectivity index (χ1) is 12.0. The van der Waals surface area contributed by atoms with Crippen LogP contribution in [0.5, 0.6) is 0 Å². The van der Waals surface area contributed by atoms with Crippen LogP contribution in [0.25, 0.3) is 6.08 Å². The number of thioether (sulfide) groups is 1. The van der Waals surface area contributed by atoms with E-state index in [0.29, 0.717) is 18.1 Å². The molecule has 3 aliphatic rings. The summed E-state index contributed by atoms with van der Waals surface area (Å²) in [4.78, 5) is 25.6. The minimum Gasteiger partial charge on any atom is -0.370 e. The van der Waals surface area contributed by atoms with Crippen LogP contribution in [0, 0.1) is 0 Å². The molecule has 0 radical (unpaired) electrons. The van der Waals surface area contributed by atoms with Crippen molar-refractivity contribution in [1.82, 2.24) is 5.32 Å². The van der Waals surface area contributed by atoms with Gasteiger partial charge in [-0.3, -0.25) is 14.9 Å². The summed E-state index contributed by atoms with van der Waals surface area (Å²) >= 11 is 4.55. The molecule has 0 unspecified atom stereocenters. The fourth-order valence-electron chi connectivity index (χ4n) is 3.32. The zero-order chi connectivity index (χ0) is 17.4. The number of carbonyl (C=O) groups is 2. The monoisotopic (exact) mass is 424 g/mol. The Morgan fingerprint density at radius 2 is 1.92 bits per heavy atom. The van der Waals surface area contributed by atoms with Gasteiger partial charge in [0, 0.05) is 30.4 Å². The number of nitrogens with one attached hydrogen (secondary N) is 1. The smallest absolute Gasteiger partial charge is 0.290 e. The number of nitrogens with zero attached hydrogens (tertiary/aromatic N) is 1. The molecule has 8 heteroatoms. The normalized spacial score (nSPS) is 24.4. The van der Waals surface area contributed by atoms with E-state index >= 15 is 0 Å². The highest BCUT2D eigenvalue weighted by molar-refractivity contribution is 9.10. The zero-order valence-corrected chi connectivity index (χ0v) is 15.8. The topological polar surface area (TPSA) is 67.9 Å². The number of hydrogen-bond donors (Lipinski definition) is 1. The molecule has 3 heterocycles. The van der Waals surface area contributed by atoms with E-state index in [0.717, 1.165) is 53.4 Å². The lowest BCUT2D eigenvalue weighted by atomic mass is 10.0. The van der Waals surface area contributed by atoms with Crippen molar-refractivity contribution in [1.29, 1.82) is 0 Å². The summed E-state index contributed by atoms with van der Waals surface area (Å²) in [5.74, 6) is -0.722. The quantitative estimate of drug-likeness (QED) is 0.735. The number of imide groups is 1. The maximum atomic E-state index is 11.6. The minimum atomic E-state index is -0.382. The molecule has 3 aliphatic heterocycles. The molecule has 0 atom stereocenters. The van der Waals surface area contributed by atoms with Crippen LogP contribution >= 0.6 is 27.7 Å². The first kappa shape index (κ1) is 17.1. The Hall–Kier alpha value is -1.35. The average Bonchev–Trinajstić information content (AvgIpc) is 3.16. The molecular weight excluding hydrogens is 408 g/mol. The second kappa shape index (κ2) is 6.75. The first-order valence-corrected chi connectivity index (χ1v) is 9.73. The van der Waals surface area contributed by atoms with E-state index in [4.69, 9.17) is 9.47 Å². The van der Waals surface area contributed by atoms with Crippen molar-refractivity contribution in [3.05, 3.63) is 33.1 Å². The standard InChI is InChI=1S/C17H17BrN2O4S/c18-12-9-11(10-14-15(21)19-16(22)25-14)1-2-13(12)20-5-3-17(4-6-20)23-7-8-24-17/h1-2,9-10H,3-8H2,(H,19,21,22). The highest BCUT2D eigenvalue weighted by Crippen LogP contribution is 2.36. The van der Waals surface area contributed by atoms with Crippen molar-refractivity contribution in [2.75, 3.05) is 31.2 Å². The van der Waals surface area contributed by atoms with Gasteiger partial charge < -0.3 is 14.4 Å². The third-order valence-corrected chi connectivity index (χ3v) is 6.04. The van der Waals surface area contributed by atoms with E-state index < -0.39 is 0 Å². The van der Waals surface area contributed by atoms with Gasteiger partial charge in [0.05, 0.1) is 23.8 Å². The van der Waals surface area contributed by atoms with Crippen LogP contribution < -0.4 is 10.2 Å². The van der Waals surface area contributed by atoms with Crippen LogP contribution in [-0.4, -0.2) is 43.2 Å². The molecule has 132 valence electrons. The number of amides is 2. The molecule has 1 N–H and O–H groups in total. The van der Waals surface area contributed by atoms with Crippen molar-refractivity contribution >= 4 is 50.6 Å². The van der Waals surface area contributed by atoms with Gasteiger partial charge >= 0.3 is 0 Å². The summed E-state index contributed by atoms with van der Waals surface area (Å²) in [5, 5.41) is 1.93. The lowest BCUT2D eigenvalue weighted by Crippen LogP contribution is -2.45. The van der Waals surface area contributed by atoms with Crippen LogP contribution in [0.1, 0.15) is 18.4 Å². The number of benzene rings is 1. The van der Waals surface area contributed by atoms with Gasteiger partial charge in [-0.15, -0.1) is 0 Å². The number of anilines is 1. The maximum Gasteiger partial charge on any atom is 0.290 e. The lowest BCUT2D eigenvalue weighted by Gasteiger charge is -2.39. The number of hydrogen-bond acceptors (Lipinski definition) is 6. The second-order valence-corrected chi connectivity index (χ2v) is 8.03. The summed E-state index contributed by atoms with van der Waals surface area (Å²) in [7, 11) is 0. The van der Waals surface area contributed by atoms with E-state index in [1.165, 1.54) is 0 Å². The highest BCUT2D eigenvalue weighted by atomic mass is 79.9. The molecule has 1 aromatic rings. The van der Waals surface area contributed by atoms with E-state index in [1.54, 1.807) is 6.08 Å². The van der Waals surface area contributed by atoms with Gasteiger partial charge in [0.2, 0.25) is 0 Å². The molecule has 0 bridgehead atoms. The summed E-state index contributed by atoms with van der Waals surface area (Å²) in [5.41, 5.74) is 1.98. The van der Waals surface area contributed by atoms with Gasteiger partial charge in [-0.25, -0.2) is 0 Å². The Labute approximate surface area is 158 Å². The number of rotatable bonds is 2. The van der Waals surface area contributed by atoms with Crippen LogP contribution in [0.4, 0.5) is 10.5 Å². The van der Waals surface area contributed by atoms with Gasteiger partial charge in [0.1, 0.15) is 0 Å². The van der Waals surface area contributed by atoms with Gasteiger partial charge in [-0.05, 0) is 51.5 Å². The Balaban J connectivity index is 1.48. The van der Waals surface area contributed by atoms with E-state index in [2.05, 4.69) is 26.1 Å². The molecule has 4 rings (SSSR count). The predicted octanol–water partition coefficient (Wildman–Crippen LogP) is 3.12. The molecule has 2 amide bonds. The van der Waals surface area contributed by atoms with Gasteiger partial charge in [-0.2, -0.15) is 0 Å². The molecule has 3 fully saturated rings. The van der Waals surface area contributed by atoms with Crippen molar-refractivity contribution < 1.29 is 19.1 Å². The molecule has 6 nitrogen and oxygen atoms in total. The van der Waals surface area contributed by atoms with Gasteiger partial charge in [0.25, 0.3) is 11.1 Å². The number of carbonyl (C=O) groups excluding carboxylic acids is 2. The molecule has 1 spiro atoms. The van der Waals surface area contributed by atoms with Crippen LogP contribution in [0.3, 0.4) is 0 Å². The Bertz CT molecular complexity index is 751. The molecule has 25 heavy (non-hydrogen) atoms. The van der Waals surface area contributed by atoms with E-state index in [9.17, 15) is 9.59 Å². The van der Waals surface area contributed by atoms with E-state index in [-0.39, 0.29) is 16.9 Å². The van der Waals surface area contributed by atoms with Crippen molar-refractivity contribution in [2.45, 2.75) is 18.6 Å². The highest BCUT2D eigenvalue weighted by Gasteiger charge is 2.40. The van der Waals surface area contributed by atoms with Crippen molar-refractivity contribution in [3.63, 3.8) is 0 Å². The first-order valence-electron chi connectivity index (χ1n) is 8.12. The molecule has 1 aromatic carbocycles. The van der Waals surface area contributed by atoms with Crippen molar-refractivity contribution in [3.8, 4) is 0 Å². The number of ether oxygens (including phenoxy) is 2. The summed E-state index contributed by atoms with van der Waals surface area (Å²) in [6.07, 6.45) is 3.43. The molecular formula is C17H17BrN2O4S. The zero-order valence-electron chi connectivity index (χ0n) is 13.4. The fraction of sp³-hybridized carbons (Fsp3) is 0.412. The third kappa shape index (κ3) is 3.48. The fourth-order valence-corrected chi connectivity index (χ4v) is 4.65. The van der Waals surface area contributed by atoms with Gasteiger partial charge in [-0.1, -0.05) is 6.07 Å². The van der Waals surface area contributed by atoms with E-state index in [1.807, 2.05) is 18.2 Å². The molecule has 3 saturated heterocycles. The summed E-state index contributed by atoms with van der Waals surface area (Å²) in [6.45, 7) is 3.10. The van der Waals surface area contributed by atoms with Crippen LogP contribution in [0.2, 0.25) is 0 Å². The Morgan fingerprint density at radius 3 is 2.52 bits per heavy atom. The Kier molecular flexibility index (Phi) is 4.61. The molecule has 0 aromatic heterocycles. The maximum absolute atomic E-state index is 11.6. The summed E-state index contributed by atoms with van der Waals surface area (Å²) in [6, 6.07) is 5.95. The van der Waals surface area contributed by atoms with Crippen LogP contribution in [-0.2, 0) is 14.3 Å². The largest absolute Gasteiger partial charge is 0.370 e. The van der Waals surface area contributed by atoms with Gasteiger partial charge in [0.15, 0.2) is 5.79 Å². The molecule has 0 aliphatic carbocycles. The second-order valence-electron chi connectivity index (χ2n) is 6.16. The van der Waals surface area contributed by atoms with Crippen LogP contribution in [0.15, 0.2) is 27.6 Å². The average molecular weight is 425 g/mol. The lowest BCUT2D eigenvalue weighted by molar-refractivity contribution is -0.169. The third-order valence-electron chi connectivity index (χ3n) is 4.59. The predicted molar refractivity (Wildman–Crippen MR) is 99.3 cm³/mol. The SMILES string of the molecule is O=C1NC(=O)C(=Cc2ccc(N3CCC4(CC3)OCCO4)c(Br)c2)S1. The van der Waals surface area contributed by atoms with Crippen molar-refractivity contribution in [2.24, 2.45) is 0 Å². The minimum absolute atomic E-state index is 0.328. The Morgan fingerprint density at radius 1 is 1.20 bits per heavy atom. The summed E-state index contributed by atoms with van der Waals surface area (Å²) < 4.78 is 12.5. The molecule has 0 saturated carbocycles. The number of piperidine rings is 1.